The number of nitrogens with zero attached hydrogens (tertiary/aromatic N) is 2. The second kappa shape index (κ2) is 7.62. The molecule has 4 nitrogen and oxygen atoms in total. The van der Waals surface area contributed by atoms with Crippen LogP contribution >= 0.6 is 0 Å². The van der Waals surface area contributed by atoms with Crippen molar-refractivity contribution in [3.63, 3.8) is 0 Å². The highest BCUT2D eigenvalue weighted by Crippen LogP contribution is 2.29. The first-order chi connectivity index (χ1) is 9.80. The van der Waals surface area contributed by atoms with E-state index < -0.39 is 0 Å². The van der Waals surface area contributed by atoms with Crippen molar-refractivity contribution in [1.82, 2.24) is 9.80 Å². The number of piperazine rings is 1. The van der Waals surface area contributed by atoms with Gasteiger partial charge in [0.25, 0.3) is 0 Å². The van der Waals surface area contributed by atoms with E-state index in [1.165, 1.54) is 5.56 Å². The molecule has 1 aliphatic rings. The first-order valence-electron chi connectivity index (χ1n) is 7.68. The quantitative estimate of drug-likeness (QED) is 0.860. The molecule has 1 aromatic rings. The Labute approximate surface area is 122 Å². The Bertz CT molecular complexity index is 402. The van der Waals surface area contributed by atoms with Crippen molar-refractivity contribution in [1.29, 1.82) is 0 Å². The number of rotatable bonds is 6. The van der Waals surface area contributed by atoms with Gasteiger partial charge in [-0.3, -0.25) is 4.90 Å². The van der Waals surface area contributed by atoms with E-state index in [0.29, 0.717) is 13.2 Å². The van der Waals surface area contributed by atoms with Gasteiger partial charge in [-0.1, -0.05) is 25.1 Å². The Balaban J connectivity index is 2.12. The molecule has 2 N–H and O–H groups in total. The van der Waals surface area contributed by atoms with Crippen LogP contribution in [0.2, 0.25) is 0 Å². The Morgan fingerprint density at radius 2 is 1.85 bits per heavy atom. The molecule has 1 atom stereocenters. The van der Waals surface area contributed by atoms with E-state index in [1.54, 1.807) is 0 Å². The molecule has 0 radical (unpaired) electrons. The van der Waals surface area contributed by atoms with E-state index in [2.05, 4.69) is 28.9 Å². The van der Waals surface area contributed by atoms with E-state index in [9.17, 15) is 0 Å². The summed E-state index contributed by atoms with van der Waals surface area (Å²) in [5, 5.41) is 0. The molecule has 20 heavy (non-hydrogen) atoms. The number of hydrogen-bond donors (Lipinski definition) is 1. The van der Waals surface area contributed by atoms with Crippen LogP contribution < -0.4 is 10.5 Å². The average Bonchev–Trinajstić information content (AvgIpc) is 2.51. The van der Waals surface area contributed by atoms with Gasteiger partial charge in [0, 0.05) is 38.3 Å². The molecule has 4 heteroatoms. The average molecular weight is 277 g/mol. The molecule has 1 aromatic carbocycles. The van der Waals surface area contributed by atoms with Gasteiger partial charge in [0.1, 0.15) is 5.75 Å². The first-order valence-corrected chi connectivity index (χ1v) is 7.68. The topological polar surface area (TPSA) is 41.7 Å². The zero-order chi connectivity index (χ0) is 14.4. The van der Waals surface area contributed by atoms with Gasteiger partial charge in [-0.2, -0.15) is 0 Å². The van der Waals surface area contributed by atoms with Crippen molar-refractivity contribution < 1.29 is 4.74 Å². The maximum absolute atomic E-state index is 6.06. The standard InChI is InChI=1S/C16H27N3O/c1-3-18-9-11-19(12-10-18)15(13-17)14-7-5-6-8-16(14)20-4-2/h5-8,15H,3-4,9-13,17H2,1-2H3. The number of para-hydroxylation sites is 1. The lowest BCUT2D eigenvalue weighted by Crippen LogP contribution is -2.48. The van der Waals surface area contributed by atoms with Crippen LogP contribution in [-0.2, 0) is 0 Å². The van der Waals surface area contributed by atoms with E-state index in [4.69, 9.17) is 10.5 Å². The predicted octanol–water partition coefficient (Wildman–Crippen LogP) is 1.72. The lowest BCUT2D eigenvalue weighted by atomic mass is 10.0. The van der Waals surface area contributed by atoms with Crippen molar-refractivity contribution in [2.75, 3.05) is 45.9 Å². The molecule has 2 rings (SSSR count). The number of ether oxygens (including phenoxy) is 1. The van der Waals surface area contributed by atoms with Gasteiger partial charge in [-0.25, -0.2) is 0 Å². The molecule has 1 saturated heterocycles. The summed E-state index contributed by atoms with van der Waals surface area (Å²) in [7, 11) is 0. The summed E-state index contributed by atoms with van der Waals surface area (Å²) in [4.78, 5) is 4.97. The minimum atomic E-state index is 0.261. The normalized spacial score (nSPS) is 18.9. The fraction of sp³-hybridized carbons (Fsp3) is 0.625. The highest BCUT2D eigenvalue weighted by atomic mass is 16.5. The van der Waals surface area contributed by atoms with E-state index >= 15 is 0 Å². The molecule has 1 aliphatic heterocycles. The molecule has 0 saturated carbocycles. The number of hydrogen-bond acceptors (Lipinski definition) is 4. The molecule has 1 fully saturated rings. The zero-order valence-corrected chi connectivity index (χ0v) is 12.7. The van der Waals surface area contributed by atoms with Crippen LogP contribution in [0, 0.1) is 0 Å². The van der Waals surface area contributed by atoms with E-state index in [-0.39, 0.29) is 6.04 Å². The number of benzene rings is 1. The molecule has 0 amide bonds. The lowest BCUT2D eigenvalue weighted by Gasteiger charge is -2.39. The van der Waals surface area contributed by atoms with Crippen molar-refractivity contribution in [2.45, 2.75) is 19.9 Å². The molecular weight excluding hydrogens is 250 g/mol. The third-order valence-electron chi connectivity index (χ3n) is 4.10. The lowest BCUT2D eigenvalue weighted by molar-refractivity contribution is 0.100. The third kappa shape index (κ3) is 3.51. The van der Waals surface area contributed by atoms with Crippen LogP contribution in [-0.4, -0.2) is 55.7 Å². The summed E-state index contributed by atoms with van der Waals surface area (Å²) < 4.78 is 5.76. The van der Waals surface area contributed by atoms with Crippen molar-refractivity contribution in [3.8, 4) is 5.75 Å². The molecule has 0 bridgehead atoms. The maximum atomic E-state index is 6.06. The van der Waals surface area contributed by atoms with Crippen molar-refractivity contribution in [3.05, 3.63) is 29.8 Å². The van der Waals surface area contributed by atoms with Gasteiger partial charge < -0.3 is 15.4 Å². The summed E-state index contributed by atoms with van der Waals surface area (Å²) in [5.41, 5.74) is 7.28. The molecule has 0 aromatic heterocycles. The van der Waals surface area contributed by atoms with Gasteiger partial charge in [-0.05, 0) is 19.5 Å². The smallest absolute Gasteiger partial charge is 0.124 e. The fourth-order valence-corrected chi connectivity index (χ4v) is 2.91. The minimum absolute atomic E-state index is 0.261. The largest absolute Gasteiger partial charge is 0.494 e. The maximum Gasteiger partial charge on any atom is 0.124 e. The monoisotopic (exact) mass is 277 g/mol. The summed E-state index contributed by atoms with van der Waals surface area (Å²) in [5.74, 6) is 0.975. The second-order valence-corrected chi connectivity index (χ2v) is 5.19. The molecule has 0 aliphatic carbocycles. The van der Waals surface area contributed by atoms with Gasteiger partial charge in [0.2, 0.25) is 0 Å². The fourth-order valence-electron chi connectivity index (χ4n) is 2.91. The van der Waals surface area contributed by atoms with Crippen LogP contribution in [0.25, 0.3) is 0 Å². The molecule has 0 spiro atoms. The summed E-state index contributed by atoms with van der Waals surface area (Å²) >= 11 is 0. The molecule has 1 heterocycles. The highest BCUT2D eigenvalue weighted by Gasteiger charge is 2.25. The van der Waals surface area contributed by atoms with E-state index in [0.717, 1.165) is 38.5 Å². The predicted molar refractivity (Wildman–Crippen MR) is 83.1 cm³/mol. The van der Waals surface area contributed by atoms with Crippen LogP contribution in [0.1, 0.15) is 25.5 Å². The van der Waals surface area contributed by atoms with Crippen molar-refractivity contribution in [2.24, 2.45) is 5.73 Å². The molecule has 112 valence electrons. The summed E-state index contributed by atoms with van der Waals surface area (Å²) in [6.07, 6.45) is 0. The van der Waals surface area contributed by atoms with Crippen molar-refractivity contribution >= 4 is 0 Å². The molecule has 1 unspecified atom stereocenters. The number of likely N-dealkylation sites (N-methyl/N-ethyl adjacent to an activating group) is 1. The first kappa shape index (κ1) is 15.3. The van der Waals surface area contributed by atoms with E-state index in [1.807, 2.05) is 19.1 Å². The highest BCUT2D eigenvalue weighted by molar-refractivity contribution is 5.36. The Morgan fingerprint density at radius 1 is 1.15 bits per heavy atom. The Kier molecular flexibility index (Phi) is 5.83. The van der Waals surface area contributed by atoms with Crippen LogP contribution in [0.5, 0.6) is 5.75 Å². The van der Waals surface area contributed by atoms with Crippen LogP contribution in [0.3, 0.4) is 0 Å². The van der Waals surface area contributed by atoms with Gasteiger partial charge in [0.15, 0.2) is 0 Å². The van der Waals surface area contributed by atoms with Crippen LogP contribution in [0.15, 0.2) is 24.3 Å². The van der Waals surface area contributed by atoms with Gasteiger partial charge >= 0.3 is 0 Å². The van der Waals surface area contributed by atoms with Gasteiger partial charge in [0.05, 0.1) is 12.6 Å². The second-order valence-electron chi connectivity index (χ2n) is 5.19. The van der Waals surface area contributed by atoms with Crippen LogP contribution in [0.4, 0.5) is 0 Å². The summed E-state index contributed by atoms with van der Waals surface area (Å²) in [6.45, 7) is 11.1. The van der Waals surface area contributed by atoms with Gasteiger partial charge in [-0.15, -0.1) is 0 Å². The number of nitrogens with two attached hydrogens (primary N) is 1. The Morgan fingerprint density at radius 3 is 2.45 bits per heavy atom. The minimum Gasteiger partial charge on any atom is -0.494 e. The summed E-state index contributed by atoms with van der Waals surface area (Å²) in [6, 6.07) is 8.55. The molecular formula is C16H27N3O. The zero-order valence-electron chi connectivity index (χ0n) is 12.7. The SMILES string of the molecule is CCOc1ccccc1C(CN)N1CCN(CC)CC1. The Hall–Kier alpha value is -1.10. The third-order valence-corrected chi connectivity index (χ3v) is 4.10.